The van der Waals surface area contributed by atoms with Crippen molar-refractivity contribution < 1.29 is 14.3 Å². The molecule has 4 aromatic rings. The van der Waals surface area contributed by atoms with Crippen molar-refractivity contribution in [2.45, 2.75) is 19.3 Å². The van der Waals surface area contributed by atoms with Crippen LogP contribution in [0, 0.1) is 5.92 Å². The Morgan fingerprint density at radius 1 is 0.919 bits per heavy atom. The number of ether oxygens (including phenoxy) is 1. The lowest BCUT2D eigenvalue weighted by molar-refractivity contribution is -0.122. The number of benzene rings is 3. The van der Waals surface area contributed by atoms with E-state index >= 15 is 0 Å². The van der Waals surface area contributed by atoms with Crippen molar-refractivity contribution in [3.8, 4) is 5.69 Å². The van der Waals surface area contributed by atoms with E-state index in [0.29, 0.717) is 11.3 Å². The van der Waals surface area contributed by atoms with Crippen molar-refractivity contribution in [1.82, 2.24) is 9.78 Å². The summed E-state index contributed by atoms with van der Waals surface area (Å²) in [6.07, 6.45) is 4.78. The summed E-state index contributed by atoms with van der Waals surface area (Å²) < 4.78 is 7.24. The fourth-order valence-electron chi connectivity index (χ4n) is 4.82. The van der Waals surface area contributed by atoms with Crippen molar-refractivity contribution in [3.05, 3.63) is 78.5 Å². The Morgan fingerprint density at radius 3 is 2.46 bits per heavy atom. The summed E-state index contributed by atoms with van der Waals surface area (Å²) in [5.74, 6) is 0.00613. The minimum absolute atomic E-state index is 0.0677. The van der Waals surface area contributed by atoms with Gasteiger partial charge in [0.2, 0.25) is 5.91 Å². The molecule has 1 aliphatic carbocycles. The summed E-state index contributed by atoms with van der Waals surface area (Å²) in [6, 6.07) is 21.1. The molecule has 3 aromatic carbocycles. The van der Waals surface area contributed by atoms with Crippen LogP contribution in [-0.4, -0.2) is 47.9 Å². The van der Waals surface area contributed by atoms with Crippen LogP contribution in [0.2, 0.25) is 0 Å². The third-order valence-corrected chi connectivity index (χ3v) is 7.20. The zero-order valence-corrected chi connectivity index (χ0v) is 20.5. The maximum absolute atomic E-state index is 12.9. The summed E-state index contributed by atoms with van der Waals surface area (Å²) in [4.78, 5) is 27.7. The third-order valence-electron chi connectivity index (χ3n) is 7.20. The Hall–Kier alpha value is -4.17. The van der Waals surface area contributed by atoms with E-state index in [-0.39, 0.29) is 17.7 Å². The zero-order valence-electron chi connectivity index (χ0n) is 20.5. The van der Waals surface area contributed by atoms with Crippen molar-refractivity contribution in [3.63, 3.8) is 0 Å². The lowest BCUT2D eigenvalue weighted by atomic mass is 9.85. The van der Waals surface area contributed by atoms with Gasteiger partial charge in [0.15, 0.2) is 0 Å². The normalized spacial score (nSPS) is 15.8. The van der Waals surface area contributed by atoms with E-state index in [1.54, 1.807) is 6.20 Å². The van der Waals surface area contributed by atoms with Crippen LogP contribution in [0.4, 0.5) is 17.1 Å². The number of aromatic nitrogens is 2. The molecule has 0 atom stereocenters. The molecule has 2 amide bonds. The van der Waals surface area contributed by atoms with Crippen LogP contribution in [0.5, 0.6) is 0 Å². The SMILES string of the molecule is O=C(Nc1ccc2c(cnn2-c2ccccc2NC(=O)C2CCC2)c1)c1ccc(N2CCOCC2)cc1. The van der Waals surface area contributed by atoms with E-state index in [1.165, 1.54) is 0 Å². The predicted molar refractivity (Wildman–Crippen MR) is 144 cm³/mol. The molecule has 8 heteroatoms. The molecule has 8 nitrogen and oxygen atoms in total. The summed E-state index contributed by atoms with van der Waals surface area (Å²) in [6.45, 7) is 3.16. The van der Waals surface area contributed by atoms with Crippen LogP contribution in [-0.2, 0) is 9.53 Å². The number of fused-ring (bicyclic) bond motifs is 1. The van der Waals surface area contributed by atoms with E-state index in [0.717, 1.165) is 73.5 Å². The molecule has 2 heterocycles. The Morgan fingerprint density at radius 2 is 1.70 bits per heavy atom. The van der Waals surface area contributed by atoms with Crippen molar-refractivity contribution in [2.24, 2.45) is 5.92 Å². The highest BCUT2D eigenvalue weighted by atomic mass is 16.5. The van der Waals surface area contributed by atoms with E-state index < -0.39 is 0 Å². The van der Waals surface area contributed by atoms with Gasteiger partial charge < -0.3 is 20.3 Å². The van der Waals surface area contributed by atoms with Crippen LogP contribution in [0.1, 0.15) is 29.6 Å². The largest absolute Gasteiger partial charge is 0.378 e. The van der Waals surface area contributed by atoms with E-state index in [9.17, 15) is 9.59 Å². The minimum atomic E-state index is -0.163. The predicted octanol–water partition coefficient (Wildman–Crippen LogP) is 4.85. The lowest BCUT2D eigenvalue weighted by Crippen LogP contribution is -2.36. The highest BCUT2D eigenvalue weighted by Gasteiger charge is 2.26. The lowest BCUT2D eigenvalue weighted by Gasteiger charge is -2.28. The maximum Gasteiger partial charge on any atom is 0.255 e. The van der Waals surface area contributed by atoms with Crippen LogP contribution in [0.25, 0.3) is 16.6 Å². The molecule has 0 radical (unpaired) electrons. The average Bonchev–Trinajstić information content (AvgIpc) is 3.31. The monoisotopic (exact) mass is 495 g/mol. The first-order valence-electron chi connectivity index (χ1n) is 12.8. The number of nitrogens with zero attached hydrogens (tertiary/aromatic N) is 3. The first-order valence-corrected chi connectivity index (χ1v) is 12.8. The molecule has 2 N–H and O–H groups in total. The Kier molecular flexibility index (Phi) is 6.32. The average molecular weight is 496 g/mol. The molecular weight excluding hydrogens is 466 g/mol. The number of para-hydroxylation sites is 2. The highest BCUT2D eigenvalue weighted by Crippen LogP contribution is 2.30. The van der Waals surface area contributed by atoms with Gasteiger partial charge in [-0.2, -0.15) is 5.10 Å². The quantitative estimate of drug-likeness (QED) is 0.399. The van der Waals surface area contributed by atoms with Crippen LogP contribution in [0.3, 0.4) is 0 Å². The van der Waals surface area contributed by atoms with Gasteiger partial charge in [0.25, 0.3) is 5.91 Å². The van der Waals surface area contributed by atoms with E-state index in [1.807, 2.05) is 71.4 Å². The second-order valence-electron chi connectivity index (χ2n) is 9.56. The molecule has 2 fully saturated rings. The number of rotatable bonds is 6. The summed E-state index contributed by atoms with van der Waals surface area (Å²) in [5.41, 5.74) is 4.82. The summed E-state index contributed by atoms with van der Waals surface area (Å²) in [7, 11) is 0. The van der Waals surface area contributed by atoms with Gasteiger partial charge in [0, 0.05) is 41.3 Å². The molecular formula is C29H29N5O3. The van der Waals surface area contributed by atoms with Crippen molar-refractivity contribution >= 4 is 39.8 Å². The first-order chi connectivity index (χ1) is 18.2. The maximum atomic E-state index is 12.9. The van der Waals surface area contributed by atoms with Gasteiger partial charge >= 0.3 is 0 Å². The second kappa shape index (κ2) is 10.1. The molecule has 2 aliphatic rings. The number of anilines is 3. The topological polar surface area (TPSA) is 88.5 Å². The zero-order chi connectivity index (χ0) is 25.2. The molecule has 0 spiro atoms. The fourth-order valence-corrected chi connectivity index (χ4v) is 4.82. The minimum Gasteiger partial charge on any atom is -0.378 e. The number of hydrogen-bond donors (Lipinski definition) is 2. The summed E-state index contributed by atoms with van der Waals surface area (Å²) in [5, 5.41) is 11.5. The molecule has 0 unspecified atom stereocenters. The number of hydrogen-bond acceptors (Lipinski definition) is 5. The van der Waals surface area contributed by atoms with Gasteiger partial charge in [0.1, 0.15) is 0 Å². The highest BCUT2D eigenvalue weighted by molar-refractivity contribution is 6.05. The van der Waals surface area contributed by atoms with Crippen molar-refractivity contribution in [1.29, 1.82) is 0 Å². The van der Waals surface area contributed by atoms with Crippen LogP contribution < -0.4 is 15.5 Å². The Labute approximate surface area is 215 Å². The first kappa shape index (κ1) is 23.2. The van der Waals surface area contributed by atoms with Crippen molar-refractivity contribution in [2.75, 3.05) is 41.8 Å². The second-order valence-corrected chi connectivity index (χ2v) is 9.56. The van der Waals surface area contributed by atoms with Crippen LogP contribution >= 0.6 is 0 Å². The molecule has 1 saturated carbocycles. The molecule has 188 valence electrons. The smallest absolute Gasteiger partial charge is 0.255 e. The number of carbonyl (C=O) groups excluding carboxylic acids is 2. The number of morpholine rings is 1. The van der Waals surface area contributed by atoms with Crippen LogP contribution in [0.15, 0.2) is 72.9 Å². The van der Waals surface area contributed by atoms with Gasteiger partial charge in [-0.05, 0) is 67.4 Å². The Bertz CT molecular complexity index is 1440. The van der Waals surface area contributed by atoms with E-state index in [2.05, 4.69) is 20.6 Å². The third kappa shape index (κ3) is 4.80. The molecule has 1 aromatic heterocycles. The van der Waals surface area contributed by atoms with E-state index in [4.69, 9.17) is 4.74 Å². The molecule has 6 rings (SSSR count). The molecule has 1 saturated heterocycles. The van der Waals surface area contributed by atoms with Gasteiger partial charge in [-0.25, -0.2) is 4.68 Å². The number of amides is 2. The molecule has 1 aliphatic heterocycles. The number of carbonyl (C=O) groups is 2. The van der Waals surface area contributed by atoms with Gasteiger partial charge in [-0.3, -0.25) is 9.59 Å². The van der Waals surface area contributed by atoms with Gasteiger partial charge in [-0.15, -0.1) is 0 Å². The number of nitrogens with one attached hydrogen (secondary N) is 2. The van der Waals surface area contributed by atoms with Gasteiger partial charge in [0.05, 0.1) is 36.3 Å². The Balaban J connectivity index is 1.18. The molecule has 0 bridgehead atoms. The summed E-state index contributed by atoms with van der Waals surface area (Å²) >= 11 is 0. The fraction of sp³-hybridized carbons (Fsp3) is 0.276. The standard InChI is InChI=1S/C29H29N5O3/c35-28(21-8-11-24(12-9-21)33-14-16-37-17-15-33)31-23-10-13-26-22(18-23)19-30-34(26)27-7-2-1-6-25(27)32-29(36)20-4-3-5-20/h1-2,6-13,18-20H,3-5,14-17H2,(H,31,35)(H,32,36). The van der Waals surface area contributed by atoms with Gasteiger partial charge in [-0.1, -0.05) is 18.6 Å². The molecule has 37 heavy (non-hydrogen) atoms.